The Bertz CT molecular complexity index is 715. The molecule has 1 aliphatic rings. The van der Waals surface area contributed by atoms with Crippen molar-refractivity contribution in [2.75, 3.05) is 20.7 Å². The first-order valence-corrected chi connectivity index (χ1v) is 8.31. The molecule has 24 heavy (non-hydrogen) atoms. The van der Waals surface area contributed by atoms with Crippen molar-refractivity contribution in [2.45, 2.75) is 44.8 Å². The topological polar surface area (TPSA) is 60.5 Å². The van der Waals surface area contributed by atoms with Crippen molar-refractivity contribution in [3.8, 4) is 0 Å². The maximum absolute atomic E-state index is 11.9. The summed E-state index contributed by atoms with van der Waals surface area (Å²) in [5.74, 6) is 2.43. The number of imidazole rings is 1. The van der Waals surface area contributed by atoms with Gasteiger partial charge in [0.2, 0.25) is 0 Å². The smallest absolute Gasteiger partial charge is 0.289 e. The highest BCUT2D eigenvalue weighted by Crippen LogP contribution is 2.35. The van der Waals surface area contributed by atoms with Gasteiger partial charge in [-0.2, -0.15) is 0 Å². The Kier molecular flexibility index (Phi) is 4.49. The number of carbonyl (C=O) groups is 1. The molecule has 1 amide bonds. The first-order valence-electron chi connectivity index (χ1n) is 8.31. The molecule has 2 aromatic heterocycles. The summed E-state index contributed by atoms with van der Waals surface area (Å²) in [6, 6.07) is 3.58. The zero-order valence-corrected chi connectivity index (χ0v) is 14.8. The third-order valence-corrected chi connectivity index (χ3v) is 4.41. The van der Waals surface area contributed by atoms with Crippen LogP contribution in [-0.4, -0.2) is 46.7 Å². The number of amides is 1. The lowest BCUT2D eigenvalue weighted by molar-refractivity contribution is -0.0606. The summed E-state index contributed by atoms with van der Waals surface area (Å²) >= 11 is 0. The fraction of sp³-hybridized carbons (Fsp3) is 0.556. The number of ether oxygens (including phenoxy) is 1. The molecule has 3 heterocycles. The summed E-state index contributed by atoms with van der Waals surface area (Å²) in [6.45, 7) is 5.58. The molecule has 0 radical (unpaired) electrons. The van der Waals surface area contributed by atoms with E-state index < -0.39 is 0 Å². The number of furan rings is 1. The summed E-state index contributed by atoms with van der Waals surface area (Å²) in [6.07, 6.45) is 5.72. The van der Waals surface area contributed by atoms with E-state index in [0.717, 1.165) is 31.0 Å². The summed E-state index contributed by atoms with van der Waals surface area (Å²) in [5.41, 5.74) is -0.115. The van der Waals surface area contributed by atoms with Crippen LogP contribution in [0.15, 0.2) is 28.9 Å². The van der Waals surface area contributed by atoms with Crippen molar-refractivity contribution < 1.29 is 13.9 Å². The van der Waals surface area contributed by atoms with Gasteiger partial charge in [-0.1, -0.05) is 0 Å². The van der Waals surface area contributed by atoms with Gasteiger partial charge in [0.15, 0.2) is 5.76 Å². The Morgan fingerprint density at radius 3 is 2.92 bits per heavy atom. The van der Waals surface area contributed by atoms with Crippen LogP contribution in [0.25, 0.3) is 0 Å². The van der Waals surface area contributed by atoms with Crippen molar-refractivity contribution in [1.29, 1.82) is 0 Å². The van der Waals surface area contributed by atoms with E-state index in [9.17, 15) is 4.79 Å². The van der Waals surface area contributed by atoms with Crippen LogP contribution < -0.4 is 0 Å². The number of aromatic nitrogens is 2. The minimum absolute atomic E-state index is 0.115. The molecular weight excluding hydrogens is 306 g/mol. The van der Waals surface area contributed by atoms with Gasteiger partial charge < -0.3 is 18.6 Å². The van der Waals surface area contributed by atoms with Crippen LogP contribution in [0.3, 0.4) is 0 Å². The van der Waals surface area contributed by atoms with Crippen LogP contribution in [0.5, 0.6) is 0 Å². The average molecular weight is 331 g/mol. The van der Waals surface area contributed by atoms with Gasteiger partial charge in [-0.15, -0.1) is 0 Å². The van der Waals surface area contributed by atoms with Crippen molar-refractivity contribution in [1.82, 2.24) is 14.5 Å². The van der Waals surface area contributed by atoms with E-state index in [1.54, 1.807) is 20.2 Å². The van der Waals surface area contributed by atoms with Crippen LogP contribution >= 0.6 is 0 Å². The monoisotopic (exact) mass is 331 g/mol. The third kappa shape index (κ3) is 3.53. The van der Waals surface area contributed by atoms with Crippen molar-refractivity contribution in [3.63, 3.8) is 0 Å². The molecule has 1 aliphatic heterocycles. The largest absolute Gasteiger partial charge is 0.454 e. The van der Waals surface area contributed by atoms with Gasteiger partial charge in [0.05, 0.1) is 12.1 Å². The van der Waals surface area contributed by atoms with Gasteiger partial charge in [0, 0.05) is 39.0 Å². The molecule has 6 heteroatoms. The van der Waals surface area contributed by atoms with Gasteiger partial charge in [-0.05, 0) is 38.8 Å². The minimum Gasteiger partial charge on any atom is -0.454 e. The van der Waals surface area contributed by atoms with Crippen LogP contribution in [-0.2, 0) is 11.3 Å². The van der Waals surface area contributed by atoms with E-state index in [0.29, 0.717) is 18.2 Å². The van der Waals surface area contributed by atoms with Gasteiger partial charge in [-0.25, -0.2) is 4.98 Å². The number of nitrogens with zero attached hydrogens (tertiary/aromatic N) is 3. The van der Waals surface area contributed by atoms with E-state index in [1.807, 2.05) is 18.5 Å². The molecule has 130 valence electrons. The SMILES string of the molecule is CN(C)C(=O)c1ccc(Cn2ccnc2C2CCOC(C)(C)C2)o1. The number of carbonyl (C=O) groups excluding carboxylic acids is 1. The second kappa shape index (κ2) is 6.43. The summed E-state index contributed by atoms with van der Waals surface area (Å²) in [7, 11) is 3.43. The highest BCUT2D eigenvalue weighted by atomic mass is 16.5. The molecule has 0 bridgehead atoms. The standard InChI is InChI=1S/C18H25N3O3/c1-18(2)11-13(7-10-23-18)16-19-8-9-21(16)12-14-5-6-15(24-14)17(22)20(3)4/h5-6,8-9,13H,7,10-12H2,1-4H3. The van der Waals surface area contributed by atoms with E-state index in [4.69, 9.17) is 9.15 Å². The van der Waals surface area contributed by atoms with Gasteiger partial charge in [0.1, 0.15) is 11.6 Å². The lowest BCUT2D eigenvalue weighted by Crippen LogP contribution is -2.34. The fourth-order valence-corrected chi connectivity index (χ4v) is 3.23. The number of rotatable bonds is 4. The number of hydrogen-bond acceptors (Lipinski definition) is 4. The van der Waals surface area contributed by atoms with E-state index in [-0.39, 0.29) is 11.5 Å². The molecule has 1 fully saturated rings. The first kappa shape index (κ1) is 16.8. The predicted octanol–water partition coefficient (Wildman–Crippen LogP) is 2.90. The van der Waals surface area contributed by atoms with Gasteiger partial charge in [0.25, 0.3) is 5.91 Å². The molecule has 2 aromatic rings. The molecule has 0 aromatic carbocycles. The zero-order chi connectivity index (χ0) is 17.3. The van der Waals surface area contributed by atoms with Crippen LogP contribution in [0.2, 0.25) is 0 Å². The lowest BCUT2D eigenvalue weighted by Gasteiger charge is -2.35. The normalized spacial score (nSPS) is 20.1. The Hall–Kier alpha value is -2.08. The van der Waals surface area contributed by atoms with Gasteiger partial charge >= 0.3 is 0 Å². The predicted molar refractivity (Wildman–Crippen MR) is 90.1 cm³/mol. The Balaban J connectivity index is 1.75. The third-order valence-electron chi connectivity index (χ3n) is 4.41. The first-order chi connectivity index (χ1) is 11.4. The van der Waals surface area contributed by atoms with Crippen LogP contribution in [0.1, 0.15) is 54.7 Å². The molecule has 0 aliphatic carbocycles. The average Bonchev–Trinajstić information content (AvgIpc) is 3.15. The summed E-state index contributed by atoms with van der Waals surface area (Å²) in [5, 5.41) is 0. The Morgan fingerprint density at radius 1 is 1.42 bits per heavy atom. The van der Waals surface area contributed by atoms with Crippen LogP contribution in [0.4, 0.5) is 0 Å². The fourth-order valence-electron chi connectivity index (χ4n) is 3.23. The Labute approximate surface area is 142 Å². The molecule has 6 nitrogen and oxygen atoms in total. The highest BCUT2D eigenvalue weighted by molar-refractivity contribution is 5.91. The lowest BCUT2D eigenvalue weighted by atomic mass is 9.88. The molecule has 0 spiro atoms. The Morgan fingerprint density at radius 2 is 2.21 bits per heavy atom. The summed E-state index contributed by atoms with van der Waals surface area (Å²) in [4.78, 5) is 18.0. The summed E-state index contributed by atoms with van der Waals surface area (Å²) < 4.78 is 13.6. The maximum atomic E-state index is 11.9. The van der Waals surface area contributed by atoms with Crippen LogP contribution in [0, 0.1) is 0 Å². The van der Waals surface area contributed by atoms with Crippen molar-refractivity contribution in [2.24, 2.45) is 0 Å². The molecule has 0 saturated carbocycles. The highest BCUT2D eigenvalue weighted by Gasteiger charge is 2.32. The molecule has 3 rings (SSSR count). The van der Waals surface area contributed by atoms with Crippen molar-refractivity contribution in [3.05, 3.63) is 41.9 Å². The second-order valence-electron chi connectivity index (χ2n) is 7.18. The molecule has 1 saturated heterocycles. The zero-order valence-electron chi connectivity index (χ0n) is 14.8. The van der Waals surface area contributed by atoms with E-state index in [1.165, 1.54) is 4.90 Å². The second-order valence-corrected chi connectivity index (χ2v) is 7.18. The van der Waals surface area contributed by atoms with Gasteiger partial charge in [-0.3, -0.25) is 4.79 Å². The molecule has 1 atom stereocenters. The van der Waals surface area contributed by atoms with E-state index >= 15 is 0 Å². The van der Waals surface area contributed by atoms with Crippen molar-refractivity contribution >= 4 is 5.91 Å². The quantitative estimate of drug-likeness (QED) is 0.864. The molecule has 0 N–H and O–H groups in total. The maximum Gasteiger partial charge on any atom is 0.289 e. The number of hydrogen-bond donors (Lipinski definition) is 0. The van der Waals surface area contributed by atoms with E-state index in [2.05, 4.69) is 23.4 Å². The molecule has 1 unspecified atom stereocenters. The minimum atomic E-state index is -0.127. The molecular formula is C18H25N3O3.